The second-order valence-electron chi connectivity index (χ2n) is 4.72. The first kappa shape index (κ1) is 16.7. The summed E-state index contributed by atoms with van der Waals surface area (Å²) in [5.74, 6) is -1.89. The summed E-state index contributed by atoms with van der Waals surface area (Å²) < 4.78 is 28.8. The molecule has 0 aliphatic carbocycles. The maximum absolute atomic E-state index is 12.1. The SMILES string of the molecule is O=C(O)c1ccc2nc(NC(=O)c3ccc(OC(F)F)nc3)sc2c1. The van der Waals surface area contributed by atoms with Gasteiger partial charge in [-0.3, -0.25) is 10.1 Å². The third-order valence-electron chi connectivity index (χ3n) is 3.06. The van der Waals surface area contributed by atoms with Crippen molar-refractivity contribution >= 4 is 38.6 Å². The first-order chi connectivity index (χ1) is 11.9. The summed E-state index contributed by atoms with van der Waals surface area (Å²) in [6, 6.07) is 6.86. The highest BCUT2D eigenvalue weighted by Gasteiger charge is 2.13. The van der Waals surface area contributed by atoms with Gasteiger partial charge in [0.1, 0.15) is 0 Å². The van der Waals surface area contributed by atoms with Crippen LogP contribution in [-0.2, 0) is 0 Å². The first-order valence-corrected chi connectivity index (χ1v) is 7.60. The van der Waals surface area contributed by atoms with Gasteiger partial charge in [-0.05, 0) is 24.3 Å². The van der Waals surface area contributed by atoms with Gasteiger partial charge >= 0.3 is 12.6 Å². The Labute approximate surface area is 142 Å². The molecule has 0 unspecified atom stereocenters. The molecule has 0 saturated carbocycles. The number of rotatable bonds is 5. The van der Waals surface area contributed by atoms with Crippen molar-refractivity contribution in [3.8, 4) is 5.88 Å². The average molecular weight is 365 g/mol. The third kappa shape index (κ3) is 3.86. The Balaban J connectivity index is 1.76. The number of anilines is 1. The van der Waals surface area contributed by atoms with Crippen LogP contribution in [0.5, 0.6) is 5.88 Å². The molecular formula is C15H9F2N3O4S. The van der Waals surface area contributed by atoms with Gasteiger partial charge in [-0.1, -0.05) is 11.3 Å². The highest BCUT2D eigenvalue weighted by atomic mass is 32.1. The lowest BCUT2D eigenvalue weighted by molar-refractivity contribution is -0.0528. The van der Waals surface area contributed by atoms with Gasteiger partial charge in [-0.25, -0.2) is 14.8 Å². The zero-order chi connectivity index (χ0) is 18.0. The van der Waals surface area contributed by atoms with E-state index in [1.54, 1.807) is 6.07 Å². The molecule has 3 rings (SSSR count). The molecule has 2 aromatic heterocycles. The highest BCUT2D eigenvalue weighted by molar-refractivity contribution is 7.22. The van der Waals surface area contributed by atoms with Gasteiger partial charge in [0.25, 0.3) is 5.91 Å². The normalized spacial score (nSPS) is 10.8. The van der Waals surface area contributed by atoms with Crippen LogP contribution in [0.1, 0.15) is 20.7 Å². The number of thiazole rings is 1. The second kappa shape index (κ2) is 6.77. The van der Waals surface area contributed by atoms with Crippen LogP contribution in [0.15, 0.2) is 36.5 Å². The van der Waals surface area contributed by atoms with Crippen LogP contribution in [0.25, 0.3) is 10.2 Å². The monoisotopic (exact) mass is 365 g/mol. The molecule has 3 aromatic rings. The number of nitrogens with zero attached hydrogens (tertiary/aromatic N) is 2. The number of aromatic nitrogens is 2. The average Bonchev–Trinajstić information content (AvgIpc) is 2.96. The number of halogens is 2. The number of hydrogen-bond acceptors (Lipinski definition) is 6. The van der Waals surface area contributed by atoms with E-state index in [1.807, 2.05) is 0 Å². The number of carbonyl (C=O) groups excluding carboxylic acids is 1. The topological polar surface area (TPSA) is 101 Å². The molecule has 7 nitrogen and oxygen atoms in total. The van der Waals surface area contributed by atoms with E-state index in [0.717, 1.165) is 23.6 Å². The number of pyridine rings is 1. The van der Waals surface area contributed by atoms with Crippen molar-refractivity contribution in [2.45, 2.75) is 6.61 Å². The van der Waals surface area contributed by atoms with Crippen LogP contribution in [0.2, 0.25) is 0 Å². The summed E-state index contributed by atoms with van der Waals surface area (Å²) in [5.41, 5.74) is 0.795. The number of amides is 1. The number of hydrogen-bond donors (Lipinski definition) is 2. The molecule has 0 saturated heterocycles. The van der Waals surface area contributed by atoms with Gasteiger partial charge in [-0.2, -0.15) is 8.78 Å². The molecule has 0 aliphatic rings. The predicted octanol–water partition coefficient (Wildman–Crippen LogP) is 3.24. The van der Waals surface area contributed by atoms with Gasteiger partial charge in [0.2, 0.25) is 5.88 Å². The molecule has 0 aliphatic heterocycles. The minimum atomic E-state index is -2.99. The third-order valence-corrected chi connectivity index (χ3v) is 4.00. The van der Waals surface area contributed by atoms with Crippen LogP contribution in [0.4, 0.5) is 13.9 Å². The van der Waals surface area contributed by atoms with E-state index >= 15 is 0 Å². The van der Waals surface area contributed by atoms with Crippen molar-refractivity contribution in [1.29, 1.82) is 0 Å². The zero-order valence-electron chi connectivity index (χ0n) is 12.3. The fourth-order valence-corrected chi connectivity index (χ4v) is 2.86. The zero-order valence-corrected chi connectivity index (χ0v) is 13.1. The Hall–Kier alpha value is -3.14. The molecule has 1 aromatic carbocycles. The van der Waals surface area contributed by atoms with Gasteiger partial charge in [-0.15, -0.1) is 0 Å². The maximum Gasteiger partial charge on any atom is 0.388 e. The van der Waals surface area contributed by atoms with Gasteiger partial charge in [0.05, 0.1) is 21.3 Å². The maximum atomic E-state index is 12.1. The summed E-state index contributed by atoms with van der Waals surface area (Å²) >= 11 is 1.11. The van der Waals surface area contributed by atoms with Gasteiger partial charge < -0.3 is 9.84 Å². The van der Waals surface area contributed by atoms with Crippen molar-refractivity contribution in [2.75, 3.05) is 5.32 Å². The summed E-state index contributed by atoms with van der Waals surface area (Å²) in [4.78, 5) is 30.9. The van der Waals surface area contributed by atoms with E-state index in [-0.39, 0.29) is 22.1 Å². The summed E-state index contributed by atoms with van der Waals surface area (Å²) in [6.07, 6.45) is 1.10. The Morgan fingerprint density at radius 3 is 2.60 bits per heavy atom. The Morgan fingerprint density at radius 1 is 1.20 bits per heavy atom. The first-order valence-electron chi connectivity index (χ1n) is 6.78. The fraction of sp³-hybridized carbons (Fsp3) is 0.0667. The Bertz CT molecular complexity index is 944. The number of carboxylic acid groups (broad SMARTS) is 1. The molecule has 0 bridgehead atoms. The van der Waals surface area contributed by atoms with Crippen molar-refractivity contribution in [3.63, 3.8) is 0 Å². The molecular weight excluding hydrogens is 356 g/mol. The second-order valence-corrected chi connectivity index (χ2v) is 5.76. The number of ether oxygens (including phenoxy) is 1. The molecule has 128 valence electrons. The van der Waals surface area contributed by atoms with Crippen LogP contribution in [0, 0.1) is 0 Å². The summed E-state index contributed by atoms with van der Waals surface area (Å²) in [6.45, 7) is -2.99. The quantitative estimate of drug-likeness (QED) is 0.720. The molecule has 25 heavy (non-hydrogen) atoms. The van der Waals surface area contributed by atoms with Crippen molar-refractivity contribution < 1.29 is 28.2 Å². The van der Waals surface area contributed by atoms with Crippen LogP contribution in [0.3, 0.4) is 0 Å². The Morgan fingerprint density at radius 2 is 1.96 bits per heavy atom. The summed E-state index contributed by atoms with van der Waals surface area (Å²) in [5, 5.41) is 11.8. The minimum Gasteiger partial charge on any atom is -0.478 e. The highest BCUT2D eigenvalue weighted by Crippen LogP contribution is 2.27. The standard InChI is InChI=1S/C15H9F2N3O4S/c16-14(17)24-11-4-2-8(6-18-11)12(21)20-15-19-9-3-1-7(13(22)23)5-10(9)25-15/h1-6,14H,(H,22,23)(H,19,20,21). The van der Waals surface area contributed by atoms with Crippen LogP contribution < -0.4 is 10.1 Å². The number of carboxylic acids is 1. The predicted molar refractivity (Wildman–Crippen MR) is 85.4 cm³/mol. The van der Waals surface area contributed by atoms with E-state index in [4.69, 9.17) is 5.11 Å². The van der Waals surface area contributed by atoms with E-state index in [9.17, 15) is 18.4 Å². The van der Waals surface area contributed by atoms with E-state index in [2.05, 4.69) is 20.0 Å². The lowest BCUT2D eigenvalue weighted by atomic mass is 10.2. The smallest absolute Gasteiger partial charge is 0.388 e. The molecule has 1 amide bonds. The van der Waals surface area contributed by atoms with Gasteiger partial charge in [0.15, 0.2) is 5.13 Å². The minimum absolute atomic E-state index is 0.118. The fourth-order valence-electron chi connectivity index (χ4n) is 1.96. The molecule has 2 N–H and O–H groups in total. The number of fused-ring (bicyclic) bond motifs is 1. The van der Waals surface area contributed by atoms with Crippen LogP contribution in [-0.4, -0.2) is 33.6 Å². The Kier molecular flexibility index (Phi) is 4.52. The van der Waals surface area contributed by atoms with Crippen molar-refractivity contribution in [1.82, 2.24) is 9.97 Å². The lowest BCUT2D eigenvalue weighted by Crippen LogP contribution is -2.12. The van der Waals surface area contributed by atoms with Gasteiger partial charge in [0, 0.05) is 12.3 Å². The number of carbonyl (C=O) groups is 2. The molecule has 10 heteroatoms. The van der Waals surface area contributed by atoms with Crippen LogP contribution >= 0.6 is 11.3 Å². The van der Waals surface area contributed by atoms with E-state index < -0.39 is 18.5 Å². The van der Waals surface area contributed by atoms with Crippen molar-refractivity contribution in [2.24, 2.45) is 0 Å². The van der Waals surface area contributed by atoms with Crippen molar-refractivity contribution in [3.05, 3.63) is 47.7 Å². The summed E-state index contributed by atoms with van der Waals surface area (Å²) in [7, 11) is 0. The number of nitrogens with one attached hydrogen (secondary N) is 1. The number of alkyl halides is 2. The number of benzene rings is 1. The molecule has 0 radical (unpaired) electrons. The lowest BCUT2D eigenvalue weighted by Gasteiger charge is -2.04. The molecule has 0 atom stereocenters. The molecule has 0 spiro atoms. The largest absolute Gasteiger partial charge is 0.478 e. The van der Waals surface area contributed by atoms with E-state index in [1.165, 1.54) is 18.2 Å². The molecule has 0 fully saturated rings. The van der Waals surface area contributed by atoms with E-state index in [0.29, 0.717) is 10.2 Å². The number of aromatic carboxylic acids is 1. The molecule has 2 heterocycles.